The number of methoxy groups -OCH3 is 1. The summed E-state index contributed by atoms with van der Waals surface area (Å²) >= 11 is 0. The highest BCUT2D eigenvalue weighted by Gasteiger charge is 2.27. The summed E-state index contributed by atoms with van der Waals surface area (Å²) in [5, 5.41) is 13.6. The second kappa shape index (κ2) is 10.3. The van der Waals surface area contributed by atoms with Crippen LogP contribution in [0.25, 0.3) is 16.9 Å². The van der Waals surface area contributed by atoms with Crippen molar-refractivity contribution in [3.05, 3.63) is 65.4 Å². The molecule has 2 atom stereocenters. The number of halogens is 2. The van der Waals surface area contributed by atoms with Gasteiger partial charge >= 0.3 is 0 Å². The van der Waals surface area contributed by atoms with Crippen LogP contribution in [0.3, 0.4) is 0 Å². The van der Waals surface area contributed by atoms with Crippen molar-refractivity contribution in [2.24, 2.45) is 5.73 Å². The summed E-state index contributed by atoms with van der Waals surface area (Å²) in [7, 11) is 1.67. The molecule has 0 unspecified atom stereocenters. The Morgan fingerprint density at radius 3 is 2.62 bits per heavy atom. The number of nitrogens with two attached hydrogens (primary N) is 1. The van der Waals surface area contributed by atoms with Crippen LogP contribution in [-0.4, -0.2) is 66.0 Å². The molecule has 2 saturated heterocycles. The van der Waals surface area contributed by atoms with Gasteiger partial charge in [0.05, 0.1) is 17.4 Å². The molecule has 0 radical (unpaired) electrons. The van der Waals surface area contributed by atoms with E-state index in [4.69, 9.17) is 15.7 Å². The van der Waals surface area contributed by atoms with Crippen LogP contribution in [0.2, 0.25) is 0 Å². The zero-order chi connectivity index (χ0) is 26.1. The number of piperidine rings is 1. The van der Waals surface area contributed by atoms with Crippen LogP contribution < -0.4 is 10.6 Å². The fraction of sp³-hybridized carbons (Fsp3) is 0.370. The molecule has 2 aromatic carbocycles. The first-order valence-electron chi connectivity index (χ1n) is 12.3. The molecule has 5 rings (SSSR count). The smallest absolute Gasteiger partial charge is 0.274 e. The van der Waals surface area contributed by atoms with Crippen LogP contribution in [0.4, 0.5) is 14.5 Å². The number of hydrogen-bond acceptors (Lipinski definition) is 6. The summed E-state index contributed by atoms with van der Waals surface area (Å²) in [6.45, 7) is 2.39. The van der Waals surface area contributed by atoms with Gasteiger partial charge in [-0.3, -0.25) is 4.79 Å². The second-order valence-electron chi connectivity index (χ2n) is 9.51. The van der Waals surface area contributed by atoms with Gasteiger partial charge in [0, 0.05) is 50.6 Å². The number of amides is 1. The van der Waals surface area contributed by atoms with Gasteiger partial charge in [-0.15, -0.1) is 0 Å². The molecule has 0 aliphatic carbocycles. The number of rotatable bonds is 5. The van der Waals surface area contributed by atoms with Crippen molar-refractivity contribution in [2.45, 2.75) is 31.4 Å². The predicted molar refractivity (Wildman–Crippen MR) is 134 cm³/mol. The molecule has 0 spiro atoms. The summed E-state index contributed by atoms with van der Waals surface area (Å²) in [4.78, 5) is 17.0. The van der Waals surface area contributed by atoms with Crippen molar-refractivity contribution in [3.8, 4) is 23.0 Å². The maximum atomic E-state index is 15.5. The number of aromatic nitrogens is 2. The van der Waals surface area contributed by atoms with Crippen molar-refractivity contribution in [1.29, 1.82) is 5.26 Å². The Morgan fingerprint density at radius 1 is 1.11 bits per heavy atom. The van der Waals surface area contributed by atoms with E-state index in [1.807, 2.05) is 0 Å². The highest BCUT2D eigenvalue weighted by atomic mass is 19.1. The number of ether oxygens (including phenoxy) is 1. The van der Waals surface area contributed by atoms with Gasteiger partial charge in [0.15, 0.2) is 11.5 Å². The monoisotopic (exact) mass is 506 g/mol. The minimum absolute atomic E-state index is 0.100. The summed E-state index contributed by atoms with van der Waals surface area (Å²) < 4.78 is 36.8. The van der Waals surface area contributed by atoms with Gasteiger partial charge in [0.25, 0.3) is 5.91 Å². The number of nitriles is 1. The topological polar surface area (TPSA) is 100 Å². The molecule has 2 aliphatic rings. The molecule has 0 saturated carbocycles. The van der Waals surface area contributed by atoms with E-state index in [0.29, 0.717) is 30.9 Å². The van der Waals surface area contributed by atoms with Crippen molar-refractivity contribution >= 4 is 11.6 Å². The van der Waals surface area contributed by atoms with Crippen molar-refractivity contribution in [1.82, 2.24) is 14.7 Å². The molecule has 3 heterocycles. The fourth-order valence-corrected chi connectivity index (χ4v) is 5.02. The van der Waals surface area contributed by atoms with Crippen molar-refractivity contribution in [2.75, 3.05) is 38.2 Å². The Hall–Kier alpha value is -3.81. The highest BCUT2D eigenvalue weighted by molar-refractivity contribution is 5.93. The third kappa shape index (κ3) is 4.92. The zero-order valence-corrected chi connectivity index (χ0v) is 20.5. The van der Waals surface area contributed by atoms with Crippen molar-refractivity contribution < 1.29 is 18.3 Å². The highest BCUT2D eigenvalue weighted by Crippen LogP contribution is 2.30. The van der Waals surface area contributed by atoms with E-state index in [9.17, 15) is 9.18 Å². The lowest BCUT2D eigenvalue weighted by atomic mass is 10.1. The Balaban J connectivity index is 1.55. The van der Waals surface area contributed by atoms with Crippen LogP contribution in [-0.2, 0) is 4.74 Å². The molecule has 192 valence electrons. The minimum atomic E-state index is -0.708. The molecule has 37 heavy (non-hydrogen) atoms. The number of benzene rings is 2. The zero-order valence-electron chi connectivity index (χ0n) is 20.5. The van der Waals surface area contributed by atoms with Crippen LogP contribution in [0, 0.1) is 23.0 Å². The van der Waals surface area contributed by atoms with E-state index in [0.717, 1.165) is 31.5 Å². The first kappa shape index (κ1) is 24.9. The van der Waals surface area contributed by atoms with E-state index >= 15 is 4.39 Å². The van der Waals surface area contributed by atoms with Gasteiger partial charge in [-0.05, 0) is 55.7 Å². The minimum Gasteiger partial charge on any atom is -0.380 e. The Labute approximate surface area is 213 Å². The molecule has 2 aliphatic heterocycles. The average molecular weight is 507 g/mol. The van der Waals surface area contributed by atoms with Gasteiger partial charge < -0.3 is 20.3 Å². The summed E-state index contributed by atoms with van der Waals surface area (Å²) in [5.41, 5.74) is 7.60. The second-order valence-corrected chi connectivity index (χ2v) is 9.51. The fourth-order valence-electron chi connectivity index (χ4n) is 5.02. The molecular weight excluding hydrogens is 478 g/mol. The first-order chi connectivity index (χ1) is 17.9. The third-order valence-electron chi connectivity index (χ3n) is 7.06. The quantitative estimate of drug-likeness (QED) is 0.569. The Morgan fingerprint density at radius 2 is 1.95 bits per heavy atom. The van der Waals surface area contributed by atoms with Crippen LogP contribution in [0.15, 0.2) is 42.5 Å². The molecular formula is C27H28F2N6O2. The van der Waals surface area contributed by atoms with Gasteiger partial charge in [-0.1, -0.05) is 6.07 Å². The van der Waals surface area contributed by atoms with Crippen LogP contribution >= 0.6 is 0 Å². The number of carbonyl (C=O) groups is 1. The lowest BCUT2D eigenvalue weighted by Gasteiger charge is -2.30. The van der Waals surface area contributed by atoms with Gasteiger partial charge in [-0.2, -0.15) is 10.4 Å². The van der Waals surface area contributed by atoms with E-state index < -0.39 is 11.6 Å². The average Bonchev–Trinajstić information content (AvgIpc) is 3.56. The SMILES string of the molecule is CO[C@@H]1CCN(c2ccc(-n3nc(C(=O)N4CCC[C@@H](N)C4)cc3-c3ccc(C#N)c(F)c3)c(F)c2)C1. The summed E-state index contributed by atoms with van der Waals surface area (Å²) in [5.74, 6) is -1.56. The molecule has 8 nitrogen and oxygen atoms in total. The Kier molecular flexibility index (Phi) is 6.91. The van der Waals surface area contributed by atoms with Crippen molar-refractivity contribution in [3.63, 3.8) is 0 Å². The summed E-state index contributed by atoms with van der Waals surface area (Å²) in [6.07, 6.45) is 2.59. The van der Waals surface area contributed by atoms with E-state index in [2.05, 4.69) is 10.00 Å². The van der Waals surface area contributed by atoms with Crippen LogP contribution in [0.1, 0.15) is 35.3 Å². The molecule has 3 aromatic rings. The molecule has 0 bridgehead atoms. The lowest BCUT2D eigenvalue weighted by molar-refractivity contribution is 0.0702. The van der Waals surface area contributed by atoms with Crippen LogP contribution in [0.5, 0.6) is 0 Å². The van der Waals surface area contributed by atoms with E-state index in [1.165, 1.54) is 28.9 Å². The number of hydrogen-bond donors (Lipinski definition) is 1. The molecule has 2 N–H and O–H groups in total. The van der Waals surface area contributed by atoms with Gasteiger partial charge in [0.1, 0.15) is 17.6 Å². The number of likely N-dealkylation sites (tertiary alicyclic amines) is 1. The maximum Gasteiger partial charge on any atom is 0.274 e. The normalized spacial score (nSPS) is 19.8. The van der Waals surface area contributed by atoms with E-state index in [1.54, 1.807) is 36.3 Å². The van der Waals surface area contributed by atoms with E-state index in [-0.39, 0.29) is 35.0 Å². The standard InChI is InChI=1S/C27H28F2N6O2/c1-37-21-8-10-33(16-21)20-6-7-25(23(29)12-20)35-26(17-4-5-18(14-30)22(28)11-17)13-24(32-35)27(36)34-9-2-3-19(31)15-34/h4-7,11-13,19,21H,2-3,8-10,15-16,31H2,1H3/t19-,21-/m1/s1. The Bertz CT molecular complexity index is 1370. The number of nitrogens with zero attached hydrogens (tertiary/aromatic N) is 5. The third-order valence-corrected chi connectivity index (χ3v) is 7.06. The predicted octanol–water partition coefficient (Wildman–Crippen LogP) is 3.48. The lowest BCUT2D eigenvalue weighted by Crippen LogP contribution is -2.45. The maximum absolute atomic E-state index is 15.5. The van der Waals surface area contributed by atoms with Gasteiger partial charge in [0.2, 0.25) is 0 Å². The molecule has 1 amide bonds. The molecule has 1 aromatic heterocycles. The largest absolute Gasteiger partial charge is 0.380 e. The molecule has 10 heteroatoms. The summed E-state index contributed by atoms with van der Waals surface area (Å²) in [6, 6.07) is 12.2. The molecule has 2 fully saturated rings. The number of carbonyl (C=O) groups excluding carboxylic acids is 1. The van der Waals surface area contributed by atoms with Gasteiger partial charge in [-0.25, -0.2) is 13.5 Å². The first-order valence-corrected chi connectivity index (χ1v) is 12.3. The number of anilines is 1.